The van der Waals surface area contributed by atoms with Crippen molar-refractivity contribution in [1.82, 2.24) is 10.6 Å². The zero-order valence-corrected chi connectivity index (χ0v) is 16.7. The van der Waals surface area contributed by atoms with Gasteiger partial charge in [-0.1, -0.05) is 13.5 Å². The van der Waals surface area contributed by atoms with Crippen molar-refractivity contribution in [1.29, 1.82) is 0 Å². The molecule has 0 spiro atoms. The van der Waals surface area contributed by atoms with Crippen LogP contribution in [0.3, 0.4) is 0 Å². The van der Waals surface area contributed by atoms with Crippen molar-refractivity contribution in [2.24, 2.45) is 10.9 Å². The Hall–Kier alpha value is -2.96. The fraction of sp³-hybridized carbons (Fsp3) is 0.364. The van der Waals surface area contributed by atoms with Crippen molar-refractivity contribution >= 4 is 17.4 Å². The predicted molar refractivity (Wildman–Crippen MR) is 111 cm³/mol. The first-order chi connectivity index (χ1) is 13.8. The van der Waals surface area contributed by atoms with Crippen molar-refractivity contribution in [3.8, 4) is 0 Å². The van der Waals surface area contributed by atoms with Gasteiger partial charge in [0, 0.05) is 29.3 Å². The van der Waals surface area contributed by atoms with Crippen LogP contribution >= 0.6 is 0 Å². The molecule has 2 unspecified atom stereocenters. The lowest BCUT2D eigenvalue weighted by Gasteiger charge is -2.29. The molecule has 0 aromatic heterocycles. The number of halogens is 2. The number of anilines is 1. The molecule has 0 radical (unpaired) electrons. The standard InChI is InChI=1S/C22H26F2N4O/c1-13(22(29)28-18-9-6-16(23)7-10-18)4-5-14(2)25-21-19-12-17(24)8-11-20(19)26-15(3)27-21/h6-7,9-10,12-13,20,25H,2,4-5,8,11H2,1,3H3,(H,26,27)(H,28,29). The summed E-state index contributed by atoms with van der Waals surface area (Å²) in [6, 6.07) is 5.62. The highest BCUT2D eigenvalue weighted by molar-refractivity contribution is 5.92. The Bertz CT molecular complexity index is 887. The molecule has 0 saturated carbocycles. The van der Waals surface area contributed by atoms with Gasteiger partial charge in [-0.05, 0) is 56.5 Å². The first-order valence-corrected chi connectivity index (χ1v) is 9.74. The van der Waals surface area contributed by atoms with E-state index in [9.17, 15) is 13.6 Å². The van der Waals surface area contributed by atoms with Gasteiger partial charge in [0.2, 0.25) is 5.91 Å². The average molecular weight is 400 g/mol. The number of rotatable bonds is 7. The van der Waals surface area contributed by atoms with Crippen molar-refractivity contribution in [2.75, 3.05) is 5.32 Å². The van der Waals surface area contributed by atoms with Crippen molar-refractivity contribution in [2.45, 2.75) is 45.6 Å². The number of benzene rings is 1. The third-order valence-corrected chi connectivity index (χ3v) is 5.01. The molecule has 5 nitrogen and oxygen atoms in total. The molecular formula is C22H26F2N4O. The summed E-state index contributed by atoms with van der Waals surface area (Å²) in [5, 5.41) is 9.16. The van der Waals surface area contributed by atoms with Gasteiger partial charge in [-0.2, -0.15) is 0 Å². The minimum absolute atomic E-state index is 0.0496. The van der Waals surface area contributed by atoms with Gasteiger partial charge in [-0.25, -0.2) is 8.78 Å². The molecule has 0 saturated heterocycles. The Labute approximate surface area is 169 Å². The maximum absolute atomic E-state index is 13.7. The molecule has 1 aromatic rings. The van der Waals surface area contributed by atoms with Gasteiger partial charge in [0.05, 0.1) is 11.9 Å². The number of nitrogens with zero attached hydrogens (tertiary/aromatic N) is 1. The van der Waals surface area contributed by atoms with Gasteiger partial charge in [0.25, 0.3) is 0 Å². The molecule has 154 valence electrons. The minimum atomic E-state index is -0.347. The smallest absolute Gasteiger partial charge is 0.227 e. The van der Waals surface area contributed by atoms with Gasteiger partial charge in [-0.3, -0.25) is 9.79 Å². The van der Waals surface area contributed by atoms with Crippen LogP contribution in [-0.2, 0) is 4.79 Å². The molecule has 29 heavy (non-hydrogen) atoms. The van der Waals surface area contributed by atoms with E-state index >= 15 is 0 Å². The molecule has 1 aliphatic carbocycles. The van der Waals surface area contributed by atoms with E-state index in [-0.39, 0.29) is 29.5 Å². The summed E-state index contributed by atoms with van der Waals surface area (Å²) in [5.41, 5.74) is 2.09. The van der Waals surface area contributed by atoms with Crippen LogP contribution in [0.4, 0.5) is 14.5 Å². The van der Waals surface area contributed by atoms with E-state index in [4.69, 9.17) is 0 Å². The molecule has 2 atom stereocenters. The van der Waals surface area contributed by atoms with Gasteiger partial charge in [0.1, 0.15) is 17.5 Å². The number of nitrogens with one attached hydrogen (secondary N) is 3. The van der Waals surface area contributed by atoms with Gasteiger partial charge >= 0.3 is 0 Å². The number of allylic oxidation sites excluding steroid dienone is 2. The molecule has 3 N–H and O–H groups in total. The van der Waals surface area contributed by atoms with E-state index in [1.54, 1.807) is 0 Å². The number of carbonyl (C=O) groups is 1. The number of fused-ring (bicyclic) bond motifs is 1. The zero-order chi connectivity index (χ0) is 21.0. The fourth-order valence-electron chi connectivity index (χ4n) is 3.32. The molecule has 2 aliphatic rings. The van der Waals surface area contributed by atoms with Crippen LogP contribution in [0.25, 0.3) is 0 Å². The number of amides is 1. The first kappa shape index (κ1) is 20.8. The second kappa shape index (κ2) is 9.03. The predicted octanol–water partition coefficient (Wildman–Crippen LogP) is 4.53. The number of hydrogen-bond acceptors (Lipinski definition) is 4. The monoisotopic (exact) mass is 400 g/mol. The summed E-state index contributed by atoms with van der Waals surface area (Å²) in [4.78, 5) is 16.9. The molecule has 7 heteroatoms. The Morgan fingerprint density at radius 1 is 1.31 bits per heavy atom. The van der Waals surface area contributed by atoms with E-state index in [1.165, 1.54) is 30.3 Å². The largest absolute Gasteiger partial charge is 0.346 e. The maximum Gasteiger partial charge on any atom is 0.227 e. The Morgan fingerprint density at radius 2 is 2.03 bits per heavy atom. The summed E-state index contributed by atoms with van der Waals surface area (Å²) in [6.07, 6.45) is 3.74. The molecule has 1 amide bonds. The second-order valence-electron chi connectivity index (χ2n) is 7.48. The van der Waals surface area contributed by atoms with Crippen LogP contribution in [0.2, 0.25) is 0 Å². The van der Waals surface area contributed by atoms with Crippen LogP contribution in [-0.4, -0.2) is 17.8 Å². The van der Waals surface area contributed by atoms with Crippen LogP contribution in [0.1, 0.15) is 39.5 Å². The number of hydrogen-bond donors (Lipinski definition) is 3. The van der Waals surface area contributed by atoms with E-state index in [0.717, 1.165) is 17.1 Å². The number of aliphatic imine (C=N–C) groups is 1. The summed E-state index contributed by atoms with van der Waals surface area (Å²) in [6.45, 7) is 7.75. The Balaban J connectivity index is 1.54. The average Bonchev–Trinajstić information content (AvgIpc) is 2.68. The lowest BCUT2D eigenvalue weighted by atomic mass is 9.94. The van der Waals surface area contributed by atoms with Crippen LogP contribution in [0.5, 0.6) is 0 Å². The van der Waals surface area contributed by atoms with Gasteiger partial charge in [-0.15, -0.1) is 0 Å². The van der Waals surface area contributed by atoms with Crippen LogP contribution < -0.4 is 16.0 Å². The highest BCUT2D eigenvalue weighted by Crippen LogP contribution is 2.29. The molecule has 1 aliphatic heterocycles. The Morgan fingerprint density at radius 3 is 2.76 bits per heavy atom. The zero-order valence-electron chi connectivity index (χ0n) is 16.7. The van der Waals surface area contributed by atoms with Crippen LogP contribution in [0, 0.1) is 11.7 Å². The molecule has 1 aromatic carbocycles. The van der Waals surface area contributed by atoms with E-state index in [1.807, 2.05) is 13.8 Å². The number of carbonyl (C=O) groups excluding carboxylic acids is 1. The molecule has 0 fully saturated rings. The third kappa shape index (κ3) is 5.53. The lowest BCUT2D eigenvalue weighted by Crippen LogP contribution is -2.38. The van der Waals surface area contributed by atoms with E-state index < -0.39 is 0 Å². The summed E-state index contributed by atoms with van der Waals surface area (Å²) >= 11 is 0. The molecule has 3 rings (SSSR count). The lowest BCUT2D eigenvalue weighted by molar-refractivity contribution is -0.119. The van der Waals surface area contributed by atoms with Gasteiger partial charge in [0.15, 0.2) is 0 Å². The molecular weight excluding hydrogens is 374 g/mol. The van der Waals surface area contributed by atoms with E-state index in [0.29, 0.717) is 37.2 Å². The molecule has 0 bridgehead atoms. The van der Waals surface area contributed by atoms with Crippen molar-refractivity contribution in [3.63, 3.8) is 0 Å². The SMILES string of the molecule is C=C(CCC(C)C(=O)Nc1ccc(F)cc1)NC1=C2C=C(F)CCC2N=C(C)N1. The Kier molecular flexibility index (Phi) is 6.46. The van der Waals surface area contributed by atoms with Crippen LogP contribution in [0.15, 0.2) is 64.8 Å². The maximum atomic E-state index is 13.7. The first-order valence-electron chi connectivity index (χ1n) is 9.74. The summed E-state index contributed by atoms with van der Waals surface area (Å²) in [5.74, 6) is 0.591. The van der Waals surface area contributed by atoms with Crippen molar-refractivity contribution in [3.05, 3.63) is 65.7 Å². The van der Waals surface area contributed by atoms with E-state index in [2.05, 4.69) is 27.5 Å². The van der Waals surface area contributed by atoms with Gasteiger partial charge < -0.3 is 16.0 Å². The highest BCUT2D eigenvalue weighted by atomic mass is 19.1. The summed E-state index contributed by atoms with van der Waals surface area (Å²) < 4.78 is 26.7. The summed E-state index contributed by atoms with van der Waals surface area (Å²) in [7, 11) is 0. The highest BCUT2D eigenvalue weighted by Gasteiger charge is 2.26. The third-order valence-electron chi connectivity index (χ3n) is 5.01. The second-order valence-corrected chi connectivity index (χ2v) is 7.48. The number of amidine groups is 1. The normalized spacial score (nSPS) is 19.4. The minimum Gasteiger partial charge on any atom is -0.346 e. The quantitative estimate of drug-likeness (QED) is 0.630. The fourth-order valence-corrected chi connectivity index (χ4v) is 3.32. The molecule has 1 heterocycles. The van der Waals surface area contributed by atoms with Crippen molar-refractivity contribution < 1.29 is 13.6 Å². The topological polar surface area (TPSA) is 65.5 Å².